The predicted molar refractivity (Wildman–Crippen MR) is 400 cm³/mol. The monoisotopic (exact) mass is 1220 g/mol. The van der Waals surface area contributed by atoms with Crippen LogP contribution in [-0.2, 0) is 21.7 Å². The van der Waals surface area contributed by atoms with Crippen LogP contribution in [0.5, 0.6) is 0 Å². The molecule has 12 aromatic carbocycles. The van der Waals surface area contributed by atoms with Gasteiger partial charge in [0.1, 0.15) is 0 Å². The van der Waals surface area contributed by atoms with Gasteiger partial charge in [-0.05, 0) is 228 Å². The van der Waals surface area contributed by atoms with Crippen molar-refractivity contribution in [1.82, 2.24) is 9.13 Å². The zero-order valence-electron chi connectivity index (χ0n) is 56.3. The lowest BCUT2D eigenvalue weighted by Gasteiger charge is -2.44. The van der Waals surface area contributed by atoms with Gasteiger partial charge < -0.3 is 18.9 Å². The predicted octanol–water partition coefficient (Wildman–Crippen LogP) is 25.0. The summed E-state index contributed by atoms with van der Waals surface area (Å²) in [6.45, 7) is 29.6. The SMILES string of the molecule is CC1(C)c2cc3c4cc(-c5ccc(N(c6ccccc6)c6ccccc6)cc5)ccc4n(-c4ccc(-c5cccc6c5c5cc7c(cc5n6-c5ccc(-c6ccc(N(c8ccccc8)c8ccccc8)cc6)cc5)C(C)(C)C(C)(C)C7(C)C)cc4)c3cc2C(C)(C)C1(C)C. The lowest BCUT2D eigenvalue weighted by atomic mass is 9.59. The van der Waals surface area contributed by atoms with Crippen molar-refractivity contribution in [2.24, 2.45) is 10.8 Å². The highest BCUT2D eigenvalue weighted by Gasteiger charge is 2.58. The molecule has 2 heterocycles. The van der Waals surface area contributed by atoms with E-state index in [2.05, 4.69) is 381 Å². The summed E-state index contributed by atoms with van der Waals surface area (Å²) in [6, 6.07) is 104. The molecule has 0 N–H and O–H groups in total. The van der Waals surface area contributed by atoms with Crippen molar-refractivity contribution in [3.63, 3.8) is 0 Å². The van der Waals surface area contributed by atoms with Gasteiger partial charge in [-0.3, -0.25) is 0 Å². The van der Waals surface area contributed by atoms with Gasteiger partial charge in [0.25, 0.3) is 0 Å². The van der Waals surface area contributed by atoms with Gasteiger partial charge in [0.05, 0.1) is 22.1 Å². The fourth-order valence-electron chi connectivity index (χ4n) is 16.5. The summed E-state index contributed by atoms with van der Waals surface area (Å²) < 4.78 is 5.08. The average Bonchev–Trinajstić information content (AvgIpc) is 1.53. The van der Waals surface area contributed by atoms with E-state index < -0.39 is 0 Å². The third-order valence-corrected chi connectivity index (χ3v) is 24.3. The Hall–Kier alpha value is -10.2. The highest BCUT2D eigenvalue weighted by Crippen LogP contribution is 2.64. The van der Waals surface area contributed by atoms with Crippen LogP contribution in [0.15, 0.2) is 279 Å². The molecule has 4 heteroatoms. The van der Waals surface area contributed by atoms with Gasteiger partial charge in [0, 0.05) is 67.0 Å². The fourth-order valence-corrected chi connectivity index (χ4v) is 16.5. The van der Waals surface area contributed by atoms with Gasteiger partial charge in [-0.1, -0.05) is 223 Å². The molecule has 94 heavy (non-hydrogen) atoms. The van der Waals surface area contributed by atoms with Gasteiger partial charge in [0.15, 0.2) is 0 Å². The molecule has 462 valence electrons. The Balaban J connectivity index is 0.810. The summed E-state index contributed by atoms with van der Waals surface area (Å²) in [7, 11) is 0. The molecule has 16 rings (SSSR count). The summed E-state index contributed by atoms with van der Waals surface area (Å²) in [5.74, 6) is 0. The number of nitrogens with zero attached hydrogens (tertiary/aromatic N) is 4. The Kier molecular flexibility index (Phi) is 13.3. The van der Waals surface area contributed by atoms with Crippen LogP contribution in [0.4, 0.5) is 34.1 Å². The molecule has 0 aliphatic heterocycles. The molecule has 0 saturated heterocycles. The average molecular weight is 1220 g/mol. The first-order valence-corrected chi connectivity index (χ1v) is 33.7. The number of hydrogen-bond acceptors (Lipinski definition) is 2. The van der Waals surface area contributed by atoms with Crippen molar-refractivity contribution in [2.45, 2.75) is 105 Å². The van der Waals surface area contributed by atoms with E-state index in [1.54, 1.807) is 0 Å². The van der Waals surface area contributed by atoms with E-state index >= 15 is 0 Å². The van der Waals surface area contributed by atoms with Crippen LogP contribution in [0.25, 0.3) is 88.4 Å². The van der Waals surface area contributed by atoms with Crippen molar-refractivity contribution in [3.8, 4) is 44.8 Å². The molecule has 0 unspecified atom stereocenters. The Morgan fingerprint density at radius 1 is 0.234 bits per heavy atom. The second kappa shape index (κ2) is 21.2. The first-order chi connectivity index (χ1) is 45.2. The van der Waals surface area contributed by atoms with E-state index in [-0.39, 0.29) is 32.5 Å². The molecule has 4 nitrogen and oxygen atoms in total. The van der Waals surface area contributed by atoms with Crippen molar-refractivity contribution in [2.75, 3.05) is 9.80 Å². The van der Waals surface area contributed by atoms with Crippen LogP contribution in [0.3, 0.4) is 0 Å². The summed E-state index contributed by atoms with van der Waals surface area (Å²) in [5, 5.41) is 5.12. The van der Waals surface area contributed by atoms with Gasteiger partial charge in [0.2, 0.25) is 0 Å². The van der Waals surface area contributed by atoms with Gasteiger partial charge in [-0.15, -0.1) is 0 Å². The number of anilines is 6. The number of para-hydroxylation sites is 4. The fraction of sp³-hybridized carbons (Fsp3) is 0.200. The van der Waals surface area contributed by atoms with Crippen LogP contribution in [-0.4, -0.2) is 9.13 Å². The van der Waals surface area contributed by atoms with E-state index in [1.165, 1.54) is 99.2 Å². The number of benzene rings is 12. The molecule has 0 spiro atoms. The lowest BCUT2D eigenvalue weighted by Crippen LogP contribution is -2.42. The van der Waals surface area contributed by atoms with Crippen molar-refractivity contribution in [1.29, 1.82) is 0 Å². The summed E-state index contributed by atoms with van der Waals surface area (Å²) in [5.41, 5.74) is 26.6. The number of fused-ring (bicyclic) bond motifs is 8. The highest BCUT2D eigenvalue weighted by molar-refractivity contribution is 6.17. The highest BCUT2D eigenvalue weighted by atomic mass is 15.1. The number of hydrogen-bond donors (Lipinski definition) is 0. The standard InChI is InChI=1S/C90H82N4/c1-85(2)76-55-74-73-54-63(61-40-47-69(48-41-61)92(66-30-21-15-22-31-66)67-32-23-16-24-33-67)44-53-80(73)93(82(74)57-78(76)87(5,6)89(85,9)10)70-51-42-62(43-52-70)72-34-25-35-81-84(72)75-56-77-79(88(7,8)90(11,12)86(77,3)4)58-83(75)94(81)71-49-38-60(39-50-71)59-36-45-68(46-37-59)91(64-26-17-13-18-27-64)65-28-19-14-20-29-65/h13-58H,1-12H3. The van der Waals surface area contributed by atoms with Crippen LogP contribution in [0.2, 0.25) is 0 Å². The molecule has 0 saturated carbocycles. The molecular formula is C90H82N4. The molecule has 0 fully saturated rings. The van der Waals surface area contributed by atoms with E-state index in [0.717, 1.165) is 45.5 Å². The quantitative estimate of drug-likeness (QED) is 0.128. The Morgan fingerprint density at radius 2 is 0.553 bits per heavy atom. The number of rotatable bonds is 11. The Morgan fingerprint density at radius 3 is 0.979 bits per heavy atom. The molecule has 14 aromatic rings. The molecule has 0 bridgehead atoms. The molecule has 0 amide bonds. The maximum Gasteiger partial charge on any atom is 0.0547 e. The number of aromatic nitrogens is 2. The maximum atomic E-state index is 2.58. The first kappa shape index (κ1) is 58.9. The minimum atomic E-state index is -0.0667. The minimum absolute atomic E-state index is 0.00697. The van der Waals surface area contributed by atoms with Gasteiger partial charge in [-0.25, -0.2) is 0 Å². The summed E-state index contributed by atoms with van der Waals surface area (Å²) in [6.07, 6.45) is 0. The van der Waals surface area contributed by atoms with E-state index in [0.29, 0.717) is 0 Å². The van der Waals surface area contributed by atoms with Gasteiger partial charge >= 0.3 is 0 Å². The van der Waals surface area contributed by atoms with E-state index in [1.807, 2.05) is 0 Å². The second-order valence-corrected chi connectivity index (χ2v) is 29.9. The molecular weight excluding hydrogens is 1140 g/mol. The third-order valence-electron chi connectivity index (χ3n) is 24.3. The zero-order valence-corrected chi connectivity index (χ0v) is 56.3. The molecule has 2 aromatic heterocycles. The summed E-state index contributed by atoms with van der Waals surface area (Å²) >= 11 is 0. The summed E-state index contributed by atoms with van der Waals surface area (Å²) in [4.78, 5) is 4.65. The third kappa shape index (κ3) is 8.64. The first-order valence-electron chi connectivity index (χ1n) is 33.7. The minimum Gasteiger partial charge on any atom is -0.311 e. The van der Waals surface area contributed by atoms with E-state index in [4.69, 9.17) is 0 Å². The Labute approximate surface area is 555 Å². The lowest BCUT2D eigenvalue weighted by molar-refractivity contribution is 0.125. The molecule has 2 aliphatic carbocycles. The molecule has 0 atom stereocenters. The van der Waals surface area contributed by atoms with Crippen LogP contribution in [0.1, 0.15) is 105 Å². The molecule has 0 radical (unpaired) electrons. The van der Waals surface area contributed by atoms with Crippen LogP contribution in [0, 0.1) is 10.8 Å². The van der Waals surface area contributed by atoms with Crippen LogP contribution < -0.4 is 9.80 Å². The maximum absolute atomic E-state index is 2.58. The van der Waals surface area contributed by atoms with Crippen molar-refractivity contribution >= 4 is 77.7 Å². The Bertz CT molecular complexity index is 5160. The molecule has 2 aliphatic rings. The van der Waals surface area contributed by atoms with Crippen molar-refractivity contribution in [3.05, 3.63) is 301 Å². The smallest absolute Gasteiger partial charge is 0.0547 e. The second-order valence-electron chi connectivity index (χ2n) is 29.9. The topological polar surface area (TPSA) is 16.3 Å². The zero-order chi connectivity index (χ0) is 64.8. The van der Waals surface area contributed by atoms with Crippen molar-refractivity contribution < 1.29 is 0 Å². The van der Waals surface area contributed by atoms with Crippen LogP contribution >= 0.6 is 0 Å². The van der Waals surface area contributed by atoms with Gasteiger partial charge in [-0.2, -0.15) is 0 Å². The largest absolute Gasteiger partial charge is 0.311 e. The normalized spacial score (nSPS) is 16.2. The van der Waals surface area contributed by atoms with E-state index in [9.17, 15) is 0 Å².